The number of hydrogen-bond donors (Lipinski definition) is 1. The topological polar surface area (TPSA) is 66.8 Å². The molecule has 108 valence electrons. The van der Waals surface area contributed by atoms with Crippen molar-refractivity contribution < 1.29 is 19.4 Å². The van der Waals surface area contributed by atoms with Gasteiger partial charge in [0.1, 0.15) is 6.10 Å². The van der Waals surface area contributed by atoms with Crippen molar-refractivity contribution in [3.63, 3.8) is 0 Å². The second-order valence-corrected chi connectivity index (χ2v) is 5.29. The van der Waals surface area contributed by atoms with Gasteiger partial charge in [0.2, 0.25) is 0 Å². The van der Waals surface area contributed by atoms with Crippen LogP contribution >= 0.6 is 11.6 Å². The monoisotopic (exact) mass is 297 g/mol. The van der Waals surface area contributed by atoms with E-state index in [1.165, 1.54) is 4.90 Å². The quantitative estimate of drug-likeness (QED) is 0.922. The lowest BCUT2D eigenvalue weighted by Crippen LogP contribution is -2.36. The minimum Gasteiger partial charge on any atom is -0.479 e. The van der Waals surface area contributed by atoms with Gasteiger partial charge in [0.05, 0.1) is 0 Å². The lowest BCUT2D eigenvalue weighted by atomic mass is 10.1. The average molecular weight is 298 g/mol. The number of carbonyl (C=O) groups excluding carboxylic acids is 1. The van der Waals surface area contributed by atoms with Crippen molar-refractivity contribution in [1.29, 1.82) is 0 Å². The highest BCUT2D eigenvalue weighted by Crippen LogP contribution is 2.22. The Bertz CT molecular complexity index is 502. The Hall–Kier alpha value is -1.59. The number of halogens is 1. The number of nitrogens with zero attached hydrogens (tertiary/aromatic N) is 1. The van der Waals surface area contributed by atoms with E-state index in [4.69, 9.17) is 21.4 Å². The van der Waals surface area contributed by atoms with Crippen LogP contribution < -0.4 is 0 Å². The van der Waals surface area contributed by atoms with Crippen LogP contribution in [0.15, 0.2) is 24.3 Å². The second kappa shape index (κ2) is 6.24. The molecule has 2 atom stereocenters. The van der Waals surface area contributed by atoms with Gasteiger partial charge in [-0.15, -0.1) is 0 Å². The third-order valence-corrected chi connectivity index (χ3v) is 3.53. The molecule has 1 fully saturated rings. The summed E-state index contributed by atoms with van der Waals surface area (Å²) in [5, 5.41) is 9.49. The third kappa shape index (κ3) is 3.49. The van der Waals surface area contributed by atoms with Gasteiger partial charge in [-0.25, -0.2) is 4.79 Å². The van der Waals surface area contributed by atoms with Crippen LogP contribution in [-0.4, -0.2) is 41.1 Å². The SMILES string of the molecule is CN(Cc1ccc(Cl)cc1)C(=O)[C@@H]1CC[C@H](C(=O)O)O1. The number of aliphatic carboxylic acids is 1. The molecule has 1 aliphatic heterocycles. The highest BCUT2D eigenvalue weighted by Gasteiger charge is 2.35. The molecular formula is C14H16ClNO4. The van der Waals surface area contributed by atoms with Crippen molar-refractivity contribution in [3.8, 4) is 0 Å². The normalized spacial score (nSPS) is 21.7. The van der Waals surface area contributed by atoms with E-state index in [0.717, 1.165) is 5.56 Å². The van der Waals surface area contributed by atoms with Crippen LogP contribution in [0.4, 0.5) is 0 Å². The zero-order valence-electron chi connectivity index (χ0n) is 11.1. The van der Waals surface area contributed by atoms with E-state index in [0.29, 0.717) is 24.4 Å². The first-order valence-corrected chi connectivity index (χ1v) is 6.73. The Labute approximate surface area is 122 Å². The van der Waals surface area contributed by atoms with Gasteiger partial charge in [0.15, 0.2) is 6.10 Å². The fourth-order valence-electron chi connectivity index (χ4n) is 2.19. The maximum Gasteiger partial charge on any atom is 0.332 e. The molecule has 0 aromatic heterocycles. The molecule has 1 amide bonds. The van der Waals surface area contributed by atoms with E-state index >= 15 is 0 Å². The molecule has 0 bridgehead atoms. The number of likely N-dealkylation sites (N-methyl/N-ethyl adjacent to an activating group) is 1. The van der Waals surface area contributed by atoms with E-state index in [1.54, 1.807) is 19.2 Å². The molecule has 6 heteroatoms. The molecule has 0 saturated carbocycles. The summed E-state index contributed by atoms with van der Waals surface area (Å²) in [6.07, 6.45) is -0.706. The number of carbonyl (C=O) groups is 2. The molecule has 0 spiro atoms. The Kier molecular flexibility index (Phi) is 4.62. The van der Waals surface area contributed by atoms with Gasteiger partial charge in [0, 0.05) is 18.6 Å². The predicted molar refractivity (Wildman–Crippen MR) is 73.5 cm³/mol. The number of amides is 1. The van der Waals surface area contributed by atoms with Gasteiger partial charge in [-0.2, -0.15) is 0 Å². The summed E-state index contributed by atoms with van der Waals surface area (Å²) in [6.45, 7) is 0.438. The molecule has 5 nitrogen and oxygen atoms in total. The standard InChI is InChI=1S/C14H16ClNO4/c1-16(8-9-2-4-10(15)5-3-9)13(17)11-6-7-12(20-11)14(18)19/h2-5,11-12H,6-8H2,1H3,(H,18,19)/t11-,12+/m0/s1. The number of ether oxygens (including phenoxy) is 1. The minimum absolute atomic E-state index is 0.191. The Morgan fingerprint density at radius 2 is 1.90 bits per heavy atom. The lowest BCUT2D eigenvalue weighted by molar-refractivity contribution is -0.154. The summed E-state index contributed by atoms with van der Waals surface area (Å²) in [5.74, 6) is -1.20. The summed E-state index contributed by atoms with van der Waals surface area (Å²) in [7, 11) is 1.67. The zero-order chi connectivity index (χ0) is 14.7. The van der Waals surface area contributed by atoms with Crippen molar-refractivity contribution in [2.75, 3.05) is 7.05 Å². The fraction of sp³-hybridized carbons (Fsp3) is 0.429. The average Bonchev–Trinajstić information content (AvgIpc) is 2.90. The van der Waals surface area contributed by atoms with Crippen molar-refractivity contribution in [1.82, 2.24) is 4.90 Å². The Morgan fingerprint density at radius 3 is 2.45 bits per heavy atom. The first kappa shape index (κ1) is 14.8. The number of rotatable bonds is 4. The van der Waals surface area contributed by atoms with Crippen LogP contribution in [0, 0.1) is 0 Å². The van der Waals surface area contributed by atoms with Crippen LogP contribution in [0.1, 0.15) is 18.4 Å². The summed E-state index contributed by atoms with van der Waals surface area (Å²) in [4.78, 5) is 24.5. The molecule has 1 N–H and O–H groups in total. The smallest absolute Gasteiger partial charge is 0.332 e. The predicted octanol–water partition coefficient (Wildman–Crippen LogP) is 1.93. The van der Waals surface area contributed by atoms with Gasteiger partial charge in [-0.05, 0) is 30.5 Å². The van der Waals surface area contributed by atoms with Crippen molar-refractivity contribution >= 4 is 23.5 Å². The largest absolute Gasteiger partial charge is 0.479 e. The van der Waals surface area contributed by atoms with E-state index in [-0.39, 0.29) is 5.91 Å². The van der Waals surface area contributed by atoms with E-state index in [9.17, 15) is 9.59 Å². The molecule has 1 saturated heterocycles. The van der Waals surface area contributed by atoms with Gasteiger partial charge >= 0.3 is 5.97 Å². The number of carboxylic acids is 1. The molecule has 0 radical (unpaired) electrons. The summed E-state index contributed by atoms with van der Waals surface area (Å²) in [6, 6.07) is 7.23. The summed E-state index contributed by atoms with van der Waals surface area (Å²) >= 11 is 5.80. The lowest BCUT2D eigenvalue weighted by Gasteiger charge is -2.21. The maximum absolute atomic E-state index is 12.2. The molecule has 1 heterocycles. The minimum atomic E-state index is -1.01. The van der Waals surface area contributed by atoms with Gasteiger partial charge < -0.3 is 14.7 Å². The zero-order valence-corrected chi connectivity index (χ0v) is 11.8. The molecule has 0 unspecified atom stereocenters. The molecule has 0 aliphatic carbocycles. The summed E-state index contributed by atoms with van der Waals surface area (Å²) in [5.41, 5.74) is 0.957. The van der Waals surface area contributed by atoms with Gasteiger partial charge in [-0.3, -0.25) is 4.79 Å². The van der Waals surface area contributed by atoms with E-state index in [2.05, 4.69) is 0 Å². The summed E-state index contributed by atoms with van der Waals surface area (Å²) < 4.78 is 5.25. The molecule has 2 rings (SSSR count). The number of hydrogen-bond acceptors (Lipinski definition) is 3. The molecule has 20 heavy (non-hydrogen) atoms. The van der Waals surface area contributed by atoms with Crippen molar-refractivity contribution in [3.05, 3.63) is 34.9 Å². The second-order valence-electron chi connectivity index (χ2n) is 4.85. The molecule has 1 aliphatic rings. The van der Waals surface area contributed by atoms with Crippen LogP contribution in [0.3, 0.4) is 0 Å². The van der Waals surface area contributed by atoms with Crippen LogP contribution in [0.2, 0.25) is 5.02 Å². The molecule has 1 aromatic carbocycles. The fourth-order valence-corrected chi connectivity index (χ4v) is 2.31. The molecule has 1 aromatic rings. The Balaban J connectivity index is 1.92. The maximum atomic E-state index is 12.2. The molecular weight excluding hydrogens is 282 g/mol. The highest BCUT2D eigenvalue weighted by molar-refractivity contribution is 6.30. The highest BCUT2D eigenvalue weighted by atomic mass is 35.5. The third-order valence-electron chi connectivity index (χ3n) is 3.28. The van der Waals surface area contributed by atoms with E-state index < -0.39 is 18.2 Å². The van der Waals surface area contributed by atoms with Crippen LogP contribution in [0.5, 0.6) is 0 Å². The van der Waals surface area contributed by atoms with Crippen molar-refractivity contribution in [2.24, 2.45) is 0 Å². The van der Waals surface area contributed by atoms with Crippen LogP contribution in [0.25, 0.3) is 0 Å². The number of carboxylic acid groups (broad SMARTS) is 1. The van der Waals surface area contributed by atoms with E-state index in [1.807, 2.05) is 12.1 Å². The van der Waals surface area contributed by atoms with Crippen LogP contribution in [-0.2, 0) is 20.9 Å². The van der Waals surface area contributed by atoms with Gasteiger partial charge in [0.25, 0.3) is 5.91 Å². The van der Waals surface area contributed by atoms with Gasteiger partial charge in [-0.1, -0.05) is 23.7 Å². The van der Waals surface area contributed by atoms with Crippen molar-refractivity contribution in [2.45, 2.75) is 31.6 Å². The number of benzene rings is 1. The first-order valence-electron chi connectivity index (χ1n) is 6.35. The Morgan fingerprint density at radius 1 is 1.30 bits per heavy atom. The first-order chi connectivity index (χ1) is 9.47.